The van der Waals surface area contributed by atoms with Crippen molar-refractivity contribution in [3.63, 3.8) is 0 Å². The number of carbonyl (C=O) groups is 1. The fraction of sp³-hybridized carbons (Fsp3) is 0.600. The average molecular weight is 440 g/mol. The maximum atomic E-state index is 12.4. The van der Waals surface area contributed by atoms with Gasteiger partial charge in [-0.2, -0.15) is 0 Å². The highest BCUT2D eigenvalue weighted by molar-refractivity contribution is 7.80. The molecule has 0 spiro atoms. The summed E-state index contributed by atoms with van der Waals surface area (Å²) < 4.78 is 5.38. The first-order valence-electron chi connectivity index (χ1n) is 10.2. The highest BCUT2D eigenvalue weighted by Gasteiger charge is 2.19. The van der Waals surface area contributed by atoms with Gasteiger partial charge in [-0.15, -0.1) is 0 Å². The molecule has 0 aromatic heterocycles. The maximum absolute atomic E-state index is 12.4. The van der Waals surface area contributed by atoms with Crippen LogP contribution in [-0.4, -0.2) is 97.8 Å². The Bertz CT molecular complexity index is 687. The minimum Gasteiger partial charge on any atom is -0.379 e. The molecule has 3 rings (SSSR count). The molecule has 0 bridgehead atoms. The molecule has 1 aromatic carbocycles. The third-order valence-electron chi connectivity index (χ3n) is 5.20. The van der Waals surface area contributed by atoms with Crippen molar-refractivity contribution in [2.75, 3.05) is 77.4 Å². The van der Waals surface area contributed by atoms with Gasteiger partial charge in [0.2, 0.25) is 5.91 Å². The second-order valence-corrected chi connectivity index (χ2v) is 8.12. The summed E-state index contributed by atoms with van der Waals surface area (Å²) in [5.74, 6) is -0.0437. The first-order valence-corrected chi connectivity index (χ1v) is 11.0. The molecule has 2 N–H and O–H groups in total. The van der Waals surface area contributed by atoms with E-state index >= 15 is 0 Å². The minimum absolute atomic E-state index is 0.0437. The van der Waals surface area contributed by atoms with Crippen LogP contribution in [-0.2, 0) is 9.53 Å². The van der Waals surface area contributed by atoms with Crippen molar-refractivity contribution < 1.29 is 9.53 Å². The summed E-state index contributed by atoms with van der Waals surface area (Å²) in [7, 11) is 0. The Labute approximate surface area is 183 Å². The molecule has 1 amide bonds. The molecule has 2 aliphatic heterocycles. The van der Waals surface area contributed by atoms with Gasteiger partial charge in [0.05, 0.1) is 30.5 Å². The van der Waals surface area contributed by atoms with Crippen LogP contribution in [0.15, 0.2) is 24.3 Å². The smallest absolute Gasteiger partial charge is 0.238 e. The van der Waals surface area contributed by atoms with E-state index in [0.717, 1.165) is 77.1 Å². The SMILES string of the molecule is O=C(CN1CCCN(C(=S)NCCN2CCOCC2)CC1)Nc1ccccc1Cl. The molecule has 0 atom stereocenters. The fourth-order valence-corrected chi connectivity index (χ4v) is 4.01. The van der Waals surface area contributed by atoms with Crippen LogP contribution in [0.25, 0.3) is 0 Å². The zero-order chi connectivity index (χ0) is 20.5. The molecule has 29 heavy (non-hydrogen) atoms. The Kier molecular flexibility index (Phi) is 8.94. The lowest BCUT2D eigenvalue weighted by molar-refractivity contribution is -0.117. The number of hydrogen-bond donors (Lipinski definition) is 2. The number of ether oxygens (including phenoxy) is 1. The van der Waals surface area contributed by atoms with Crippen molar-refractivity contribution in [3.8, 4) is 0 Å². The van der Waals surface area contributed by atoms with Gasteiger partial charge in [0.1, 0.15) is 0 Å². The van der Waals surface area contributed by atoms with E-state index in [1.165, 1.54) is 0 Å². The number of nitrogens with zero attached hydrogens (tertiary/aromatic N) is 3. The van der Waals surface area contributed by atoms with E-state index in [-0.39, 0.29) is 5.91 Å². The normalized spacial score (nSPS) is 18.9. The Hall–Kier alpha value is -1.45. The molecule has 2 fully saturated rings. The first-order chi connectivity index (χ1) is 14.1. The van der Waals surface area contributed by atoms with Gasteiger partial charge in [0.15, 0.2) is 5.11 Å². The third kappa shape index (κ3) is 7.38. The van der Waals surface area contributed by atoms with Crippen molar-refractivity contribution in [1.82, 2.24) is 20.0 Å². The zero-order valence-corrected chi connectivity index (χ0v) is 18.3. The van der Waals surface area contributed by atoms with E-state index in [0.29, 0.717) is 17.3 Å². The van der Waals surface area contributed by atoms with Gasteiger partial charge in [-0.3, -0.25) is 14.6 Å². The van der Waals surface area contributed by atoms with Crippen LogP contribution in [0.4, 0.5) is 5.69 Å². The van der Waals surface area contributed by atoms with Crippen LogP contribution in [0.3, 0.4) is 0 Å². The van der Waals surface area contributed by atoms with E-state index in [1.807, 2.05) is 18.2 Å². The van der Waals surface area contributed by atoms with Gasteiger partial charge < -0.3 is 20.3 Å². The summed E-state index contributed by atoms with van der Waals surface area (Å²) in [5, 5.41) is 7.64. The number of morpholine rings is 1. The quantitative estimate of drug-likeness (QED) is 0.651. The first kappa shape index (κ1) is 22.2. The largest absolute Gasteiger partial charge is 0.379 e. The Morgan fingerprint density at radius 1 is 1.07 bits per heavy atom. The lowest BCUT2D eigenvalue weighted by Gasteiger charge is -2.28. The monoisotopic (exact) mass is 439 g/mol. The van der Waals surface area contributed by atoms with Crippen molar-refractivity contribution in [1.29, 1.82) is 0 Å². The van der Waals surface area contributed by atoms with Crippen LogP contribution >= 0.6 is 23.8 Å². The molecule has 0 unspecified atom stereocenters. The number of nitrogens with one attached hydrogen (secondary N) is 2. The molecule has 1 aromatic rings. The highest BCUT2D eigenvalue weighted by Crippen LogP contribution is 2.20. The predicted molar refractivity (Wildman–Crippen MR) is 121 cm³/mol. The van der Waals surface area contributed by atoms with Crippen molar-refractivity contribution in [3.05, 3.63) is 29.3 Å². The van der Waals surface area contributed by atoms with Gasteiger partial charge in [0, 0.05) is 52.4 Å². The van der Waals surface area contributed by atoms with Crippen LogP contribution < -0.4 is 10.6 Å². The number of rotatable bonds is 6. The number of thiocarbonyl (C=S) groups is 1. The van der Waals surface area contributed by atoms with Gasteiger partial charge in [-0.25, -0.2) is 0 Å². The van der Waals surface area contributed by atoms with Gasteiger partial charge >= 0.3 is 0 Å². The molecular weight excluding hydrogens is 410 g/mol. The molecule has 9 heteroatoms. The Morgan fingerprint density at radius 3 is 2.66 bits per heavy atom. The van der Waals surface area contributed by atoms with E-state index in [2.05, 4.69) is 25.3 Å². The molecule has 0 saturated carbocycles. The number of carbonyl (C=O) groups excluding carboxylic acids is 1. The van der Waals surface area contributed by atoms with E-state index in [4.69, 9.17) is 28.6 Å². The average Bonchev–Trinajstić information content (AvgIpc) is 2.96. The Morgan fingerprint density at radius 2 is 1.86 bits per heavy atom. The van der Waals surface area contributed by atoms with Crippen LogP contribution in [0.2, 0.25) is 5.02 Å². The third-order valence-corrected chi connectivity index (χ3v) is 5.93. The number of benzene rings is 1. The van der Waals surface area contributed by atoms with Crippen LogP contribution in [0.1, 0.15) is 6.42 Å². The molecule has 2 aliphatic rings. The molecule has 0 aliphatic carbocycles. The molecule has 7 nitrogen and oxygen atoms in total. The van der Waals surface area contributed by atoms with E-state index in [9.17, 15) is 4.79 Å². The van der Waals surface area contributed by atoms with Gasteiger partial charge in [-0.05, 0) is 30.8 Å². The van der Waals surface area contributed by atoms with E-state index in [1.54, 1.807) is 6.07 Å². The number of para-hydroxylation sites is 1. The topological polar surface area (TPSA) is 60.1 Å². The van der Waals surface area contributed by atoms with Crippen molar-refractivity contribution >= 4 is 40.5 Å². The van der Waals surface area contributed by atoms with Gasteiger partial charge in [0.25, 0.3) is 0 Å². The summed E-state index contributed by atoms with van der Waals surface area (Å²) >= 11 is 11.7. The number of hydrogen-bond acceptors (Lipinski definition) is 5. The molecule has 2 saturated heterocycles. The molecule has 0 radical (unpaired) electrons. The van der Waals surface area contributed by atoms with Crippen LogP contribution in [0, 0.1) is 0 Å². The van der Waals surface area contributed by atoms with Crippen LogP contribution in [0.5, 0.6) is 0 Å². The maximum Gasteiger partial charge on any atom is 0.238 e. The van der Waals surface area contributed by atoms with E-state index < -0.39 is 0 Å². The summed E-state index contributed by atoms with van der Waals surface area (Å²) in [6.45, 7) is 9.21. The summed E-state index contributed by atoms with van der Waals surface area (Å²) in [6.07, 6.45) is 0.977. The second-order valence-electron chi connectivity index (χ2n) is 7.33. The number of halogens is 1. The summed E-state index contributed by atoms with van der Waals surface area (Å²) in [5.41, 5.74) is 0.654. The second kappa shape index (κ2) is 11.7. The zero-order valence-electron chi connectivity index (χ0n) is 16.7. The fourth-order valence-electron chi connectivity index (χ4n) is 3.55. The molecular formula is C20H30ClN5O2S. The molecule has 160 valence electrons. The van der Waals surface area contributed by atoms with Crippen molar-refractivity contribution in [2.45, 2.75) is 6.42 Å². The minimum atomic E-state index is -0.0437. The van der Waals surface area contributed by atoms with Crippen molar-refractivity contribution in [2.24, 2.45) is 0 Å². The highest BCUT2D eigenvalue weighted by atomic mass is 35.5. The molecule has 2 heterocycles. The summed E-state index contributed by atoms with van der Waals surface area (Å²) in [4.78, 5) is 19.1. The number of anilines is 1. The Balaban J connectivity index is 1.37. The lowest BCUT2D eigenvalue weighted by atomic mass is 10.3. The van der Waals surface area contributed by atoms with Gasteiger partial charge in [-0.1, -0.05) is 23.7 Å². The lowest BCUT2D eigenvalue weighted by Crippen LogP contribution is -2.46. The number of amides is 1. The predicted octanol–water partition coefficient (Wildman–Crippen LogP) is 1.49. The summed E-state index contributed by atoms with van der Waals surface area (Å²) in [6, 6.07) is 7.29. The standard InChI is InChI=1S/C20H30ClN5O2S/c21-17-4-1-2-5-18(17)23-19(27)16-25-7-3-8-26(11-10-25)20(29)22-6-9-24-12-14-28-15-13-24/h1-2,4-5H,3,6-16H2,(H,22,29)(H,23,27).